The second kappa shape index (κ2) is 8.02. The Bertz CT molecular complexity index is 779. The highest BCUT2D eigenvalue weighted by atomic mass is 32.1. The number of nitrogens with zero attached hydrogens (tertiary/aromatic N) is 1. The summed E-state index contributed by atoms with van der Waals surface area (Å²) in [7, 11) is 0. The maximum absolute atomic E-state index is 12.1. The van der Waals surface area contributed by atoms with Crippen LogP contribution in [0.4, 0.5) is 11.4 Å². The molecule has 7 nitrogen and oxygen atoms in total. The molecule has 0 saturated heterocycles. The zero-order valence-corrected chi connectivity index (χ0v) is 13.6. The molecule has 24 heavy (non-hydrogen) atoms. The van der Waals surface area contributed by atoms with Gasteiger partial charge in [0.2, 0.25) is 0 Å². The molecule has 0 saturated carbocycles. The van der Waals surface area contributed by atoms with E-state index in [1.807, 2.05) is 6.92 Å². The molecule has 0 radical (unpaired) electrons. The molecular weight excluding hydrogens is 330 g/mol. The summed E-state index contributed by atoms with van der Waals surface area (Å²) in [6.45, 7) is 2.42. The molecule has 0 aliphatic rings. The van der Waals surface area contributed by atoms with Gasteiger partial charge in [-0.25, -0.2) is 0 Å². The standard InChI is InChI=1S/C16H15N3O4S/c1-2-23-14-8-4-6-12(10-14)17-16(24)18-15(20)11-5-3-7-13(9-11)19(21)22/h3-10H,2H2,1H3,(H2,17,18,20,24). The summed E-state index contributed by atoms with van der Waals surface area (Å²) >= 11 is 5.09. The van der Waals surface area contributed by atoms with Crippen LogP contribution in [0.2, 0.25) is 0 Å². The number of hydrogen-bond acceptors (Lipinski definition) is 5. The summed E-state index contributed by atoms with van der Waals surface area (Å²) < 4.78 is 5.38. The number of hydrogen-bond donors (Lipinski definition) is 2. The van der Waals surface area contributed by atoms with Crippen LogP contribution in [0, 0.1) is 10.1 Å². The number of non-ortho nitro benzene ring substituents is 1. The molecule has 0 unspecified atom stereocenters. The quantitative estimate of drug-likeness (QED) is 0.491. The van der Waals surface area contributed by atoms with Gasteiger partial charge >= 0.3 is 0 Å². The zero-order valence-electron chi connectivity index (χ0n) is 12.8. The van der Waals surface area contributed by atoms with Crippen LogP contribution in [0.15, 0.2) is 48.5 Å². The highest BCUT2D eigenvalue weighted by Gasteiger charge is 2.12. The predicted molar refractivity (Wildman–Crippen MR) is 94.4 cm³/mol. The number of nitro groups is 1. The van der Waals surface area contributed by atoms with Crippen LogP contribution in [0.1, 0.15) is 17.3 Å². The molecule has 8 heteroatoms. The van der Waals surface area contributed by atoms with Gasteiger partial charge in [-0.1, -0.05) is 12.1 Å². The van der Waals surface area contributed by atoms with Crippen molar-refractivity contribution in [2.75, 3.05) is 11.9 Å². The molecule has 0 atom stereocenters. The van der Waals surface area contributed by atoms with Gasteiger partial charge in [-0.3, -0.25) is 20.2 Å². The minimum absolute atomic E-state index is 0.0835. The van der Waals surface area contributed by atoms with Gasteiger partial charge in [0.25, 0.3) is 11.6 Å². The Morgan fingerprint density at radius 2 is 2.00 bits per heavy atom. The lowest BCUT2D eigenvalue weighted by Crippen LogP contribution is -2.34. The van der Waals surface area contributed by atoms with Crippen molar-refractivity contribution in [3.8, 4) is 5.75 Å². The second-order valence-corrected chi connectivity index (χ2v) is 5.08. The Morgan fingerprint density at radius 1 is 1.25 bits per heavy atom. The van der Waals surface area contributed by atoms with E-state index in [0.717, 1.165) is 0 Å². The van der Waals surface area contributed by atoms with Gasteiger partial charge in [-0.05, 0) is 37.3 Å². The maximum atomic E-state index is 12.1. The monoisotopic (exact) mass is 345 g/mol. The van der Waals surface area contributed by atoms with E-state index in [2.05, 4.69) is 10.6 Å². The zero-order chi connectivity index (χ0) is 17.5. The van der Waals surface area contributed by atoms with Crippen LogP contribution < -0.4 is 15.4 Å². The molecule has 1 amide bonds. The minimum atomic E-state index is -0.563. The Kier molecular flexibility index (Phi) is 5.80. The average molecular weight is 345 g/mol. The Balaban J connectivity index is 2.01. The Labute approximate surface area is 143 Å². The summed E-state index contributed by atoms with van der Waals surface area (Å²) in [6.07, 6.45) is 0. The third-order valence-corrected chi connectivity index (χ3v) is 3.15. The summed E-state index contributed by atoms with van der Waals surface area (Å²) in [5.74, 6) is 0.146. The van der Waals surface area contributed by atoms with E-state index in [0.29, 0.717) is 18.0 Å². The van der Waals surface area contributed by atoms with E-state index in [4.69, 9.17) is 17.0 Å². The van der Waals surface area contributed by atoms with Gasteiger partial charge in [0.15, 0.2) is 5.11 Å². The van der Waals surface area contributed by atoms with Gasteiger partial charge in [-0.15, -0.1) is 0 Å². The van der Waals surface area contributed by atoms with Crippen LogP contribution in [0.3, 0.4) is 0 Å². The predicted octanol–water partition coefficient (Wildman–Crippen LogP) is 3.12. The van der Waals surface area contributed by atoms with Crippen molar-refractivity contribution in [1.82, 2.24) is 5.32 Å². The first-order valence-corrected chi connectivity index (χ1v) is 7.50. The molecule has 0 bridgehead atoms. The SMILES string of the molecule is CCOc1cccc(NC(=S)NC(=O)c2cccc([N+](=O)[O-])c2)c1. The van der Waals surface area contributed by atoms with Crippen LogP contribution in [0.5, 0.6) is 5.75 Å². The van der Waals surface area contributed by atoms with E-state index in [1.165, 1.54) is 24.3 Å². The lowest BCUT2D eigenvalue weighted by Gasteiger charge is -2.11. The number of amides is 1. The second-order valence-electron chi connectivity index (χ2n) is 4.68. The first kappa shape index (κ1) is 17.4. The van der Waals surface area contributed by atoms with E-state index in [9.17, 15) is 14.9 Å². The number of ether oxygens (including phenoxy) is 1. The highest BCUT2D eigenvalue weighted by Crippen LogP contribution is 2.17. The summed E-state index contributed by atoms with van der Waals surface area (Å²) in [6, 6.07) is 12.5. The molecule has 2 N–H and O–H groups in total. The third-order valence-electron chi connectivity index (χ3n) is 2.95. The fourth-order valence-electron chi connectivity index (χ4n) is 1.93. The first-order chi connectivity index (χ1) is 11.5. The number of nitrogens with one attached hydrogen (secondary N) is 2. The minimum Gasteiger partial charge on any atom is -0.494 e. The molecule has 2 rings (SSSR count). The summed E-state index contributed by atoms with van der Waals surface area (Å²) in [4.78, 5) is 22.3. The topological polar surface area (TPSA) is 93.5 Å². The largest absolute Gasteiger partial charge is 0.494 e. The summed E-state index contributed by atoms with van der Waals surface area (Å²) in [5, 5.41) is 16.2. The van der Waals surface area contributed by atoms with Crippen molar-refractivity contribution in [2.45, 2.75) is 6.92 Å². The molecule has 0 fully saturated rings. The van der Waals surface area contributed by atoms with Crippen LogP contribution in [0.25, 0.3) is 0 Å². The molecule has 0 aliphatic heterocycles. The van der Waals surface area contributed by atoms with Gasteiger partial charge in [0.05, 0.1) is 11.5 Å². The van der Waals surface area contributed by atoms with Crippen LogP contribution in [-0.2, 0) is 0 Å². The third kappa shape index (κ3) is 4.75. The van der Waals surface area contributed by atoms with Crippen molar-refractivity contribution >= 4 is 34.6 Å². The van der Waals surface area contributed by atoms with E-state index in [-0.39, 0.29) is 16.4 Å². The number of anilines is 1. The van der Waals surface area contributed by atoms with E-state index < -0.39 is 10.8 Å². The lowest BCUT2D eigenvalue weighted by atomic mass is 10.2. The van der Waals surface area contributed by atoms with Gasteiger partial charge in [-0.2, -0.15) is 0 Å². The van der Waals surface area contributed by atoms with Crippen molar-refractivity contribution in [1.29, 1.82) is 0 Å². The molecule has 2 aromatic rings. The van der Waals surface area contributed by atoms with Crippen molar-refractivity contribution in [3.05, 3.63) is 64.2 Å². The van der Waals surface area contributed by atoms with Crippen LogP contribution >= 0.6 is 12.2 Å². The molecule has 2 aromatic carbocycles. The van der Waals surface area contributed by atoms with E-state index >= 15 is 0 Å². The van der Waals surface area contributed by atoms with Gasteiger partial charge < -0.3 is 10.1 Å². The van der Waals surface area contributed by atoms with Crippen molar-refractivity contribution < 1.29 is 14.5 Å². The molecule has 0 spiro atoms. The number of carbonyl (C=O) groups excluding carboxylic acids is 1. The lowest BCUT2D eigenvalue weighted by molar-refractivity contribution is -0.384. The van der Waals surface area contributed by atoms with E-state index in [1.54, 1.807) is 24.3 Å². The van der Waals surface area contributed by atoms with Crippen molar-refractivity contribution in [3.63, 3.8) is 0 Å². The van der Waals surface area contributed by atoms with Gasteiger partial charge in [0, 0.05) is 29.4 Å². The average Bonchev–Trinajstić information content (AvgIpc) is 2.55. The Morgan fingerprint density at radius 3 is 2.71 bits per heavy atom. The number of thiocarbonyl (C=S) groups is 1. The maximum Gasteiger partial charge on any atom is 0.270 e. The Hall–Kier alpha value is -3.00. The summed E-state index contributed by atoms with van der Waals surface area (Å²) in [5.41, 5.74) is 0.646. The number of carbonyl (C=O) groups is 1. The fraction of sp³-hybridized carbons (Fsp3) is 0.125. The molecule has 0 aromatic heterocycles. The number of nitro benzene ring substituents is 1. The number of rotatable bonds is 5. The highest BCUT2D eigenvalue weighted by molar-refractivity contribution is 7.80. The first-order valence-electron chi connectivity index (χ1n) is 7.09. The molecular formula is C16H15N3O4S. The molecule has 124 valence electrons. The number of benzene rings is 2. The fourth-order valence-corrected chi connectivity index (χ4v) is 2.14. The van der Waals surface area contributed by atoms with Crippen LogP contribution in [-0.4, -0.2) is 22.5 Å². The van der Waals surface area contributed by atoms with Gasteiger partial charge in [0.1, 0.15) is 5.75 Å². The smallest absolute Gasteiger partial charge is 0.270 e. The molecule has 0 aliphatic carbocycles. The molecule has 0 heterocycles. The van der Waals surface area contributed by atoms with Crippen molar-refractivity contribution in [2.24, 2.45) is 0 Å². The normalized spacial score (nSPS) is 9.88.